The number of hydrogen-bond acceptors (Lipinski definition) is 3. The molecule has 2 rings (SSSR count). The molecule has 2 aromatic rings. The Morgan fingerprint density at radius 2 is 1.76 bits per heavy atom. The van der Waals surface area contributed by atoms with Crippen LogP contribution in [0.4, 0.5) is 0 Å². The summed E-state index contributed by atoms with van der Waals surface area (Å²) in [5.74, 6) is 0.0115. The van der Waals surface area contributed by atoms with Gasteiger partial charge in [-0.2, -0.15) is 0 Å². The first-order valence-electron chi connectivity index (χ1n) is 6.64. The largest absolute Gasteiger partial charge is 0.216 e. The molecule has 0 aliphatic carbocycles. The van der Waals surface area contributed by atoms with Gasteiger partial charge in [0, 0.05) is 11.4 Å². The van der Waals surface area contributed by atoms with Crippen LogP contribution in [0.25, 0.3) is 0 Å². The van der Waals surface area contributed by atoms with Gasteiger partial charge in [0.25, 0.3) is 0 Å². The summed E-state index contributed by atoms with van der Waals surface area (Å²) in [5, 5.41) is 0. The highest BCUT2D eigenvalue weighted by molar-refractivity contribution is 7.98. The Morgan fingerprint density at radius 1 is 1.05 bits per heavy atom. The quantitative estimate of drug-likeness (QED) is 0.830. The molecule has 0 bridgehead atoms. The highest BCUT2D eigenvalue weighted by Crippen LogP contribution is 2.15. The Labute approximate surface area is 130 Å². The topological polar surface area (TPSA) is 46.2 Å². The molecule has 0 unspecified atom stereocenters. The van der Waals surface area contributed by atoms with Crippen molar-refractivity contribution in [3.63, 3.8) is 0 Å². The van der Waals surface area contributed by atoms with Crippen LogP contribution >= 0.6 is 11.8 Å². The molecular formula is C16H19NO2S2. The van der Waals surface area contributed by atoms with Crippen molar-refractivity contribution >= 4 is 21.8 Å². The van der Waals surface area contributed by atoms with Crippen molar-refractivity contribution in [1.82, 2.24) is 4.72 Å². The average Bonchev–Trinajstić information content (AvgIpc) is 2.45. The van der Waals surface area contributed by atoms with Crippen LogP contribution in [-0.4, -0.2) is 14.7 Å². The van der Waals surface area contributed by atoms with Crippen LogP contribution in [0.1, 0.15) is 16.7 Å². The fourth-order valence-electron chi connectivity index (χ4n) is 2.01. The van der Waals surface area contributed by atoms with E-state index in [4.69, 9.17) is 0 Å². The highest BCUT2D eigenvalue weighted by atomic mass is 32.2. The van der Waals surface area contributed by atoms with E-state index >= 15 is 0 Å². The molecule has 0 saturated heterocycles. The van der Waals surface area contributed by atoms with E-state index in [1.807, 2.05) is 61.7 Å². The Morgan fingerprint density at radius 3 is 2.38 bits per heavy atom. The molecular weight excluding hydrogens is 302 g/mol. The number of sulfonamides is 1. The summed E-state index contributed by atoms with van der Waals surface area (Å²) in [5.41, 5.74) is 2.83. The predicted octanol–water partition coefficient (Wildman–Crippen LogP) is 3.34. The second-order valence-corrected chi connectivity index (χ2v) is 7.60. The molecule has 5 heteroatoms. The van der Waals surface area contributed by atoms with Crippen LogP contribution < -0.4 is 4.72 Å². The molecule has 2 aromatic carbocycles. The summed E-state index contributed by atoms with van der Waals surface area (Å²) in [6.07, 6.45) is 2.01. The smallest absolute Gasteiger partial charge is 0.212 e. The monoisotopic (exact) mass is 321 g/mol. The fraction of sp³-hybridized carbons (Fsp3) is 0.250. The van der Waals surface area contributed by atoms with Crippen molar-refractivity contribution in [2.45, 2.75) is 24.1 Å². The van der Waals surface area contributed by atoms with Crippen LogP contribution in [0, 0.1) is 6.92 Å². The van der Waals surface area contributed by atoms with Crippen molar-refractivity contribution in [3.05, 3.63) is 65.2 Å². The summed E-state index contributed by atoms with van der Waals surface area (Å²) in [7, 11) is -3.32. The van der Waals surface area contributed by atoms with Crippen molar-refractivity contribution in [2.24, 2.45) is 0 Å². The maximum Gasteiger partial charge on any atom is 0.216 e. The molecule has 0 aliphatic rings. The third-order valence-electron chi connectivity index (χ3n) is 3.09. The van der Waals surface area contributed by atoms with E-state index in [0.29, 0.717) is 6.54 Å². The van der Waals surface area contributed by atoms with Crippen LogP contribution in [0.5, 0.6) is 0 Å². The molecule has 21 heavy (non-hydrogen) atoms. The minimum absolute atomic E-state index is 0.0115. The van der Waals surface area contributed by atoms with E-state index in [-0.39, 0.29) is 5.75 Å². The summed E-state index contributed by atoms with van der Waals surface area (Å²) in [4.78, 5) is 1.17. The Balaban J connectivity index is 1.97. The fourth-order valence-corrected chi connectivity index (χ4v) is 3.52. The number of rotatable bonds is 6. The molecule has 1 N–H and O–H groups in total. The first kappa shape index (κ1) is 16.1. The maximum absolute atomic E-state index is 12.1. The summed E-state index contributed by atoms with van der Waals surface area (Å²) < 4.78 is 26.8. The van der Waals surface area contributed by atoms with E-state index in [9.17, 15) is 8.42 Å². The molecule has 0 heterocycles. The van der Waals surface area contributed by atoms with Gasteiger partial charge in [0.1, 0.15) is 0 Å². The van der Waals surface area contributed by atoms with Gasteiger partial charge in [-0.25, -0.2) is 13.1 Å². The molecule has 0 amide bonds. The van der Waals surface area contributed by atoms with Crippen LogP contribution in [-0.2, 0) is 22.3 Å². The third kappa shape index (κ3) is 5.19. The van der Waals surface area contributed by atoms with E-state index in [2.05, 4.69) is 4.72 Å². The first-order valence-corrected chi connectivity index (χ1v) is 9.52. The third-order valence-corrected chi connectivity index (χ3v) is 5.14. The first-order chi connectivity index (χ1) is 9.98. The lowest BCUT2D eigenvalue weighted by atomic mass is 10.2. The average molecular weight is 321 g/mol. The van der Waals surface area contributed by atoms with Crippen molar-refractivity contribution in [1.29, 1.82) is 0 Å². The van der Waals surface area contributed by atoms with Gasteiger partial charge >= 0.3 is 0 Å². The lowest BCUT2D eigenvalue weighted by Gasteiger charge is -2.08. The van der Waals surface area contributed by atoms with E-state index in [0.717, 1.165) is 16.7 Å². The Bertz CT molecular complexity index is 694. The van der Waals surface area contributed by atoms with E-state index in [1.54, 1.807) is 11.8 Å². The summed E-state index contributed by atoms with van der Waals surface area (Å²) >= 11 is 1.67. The van der Waals surface area contributed by atoms with Gasteiger partial charge in [0.05, 0.1) is 5.75 Å². The molecule has 0 aromatic heterocycles. The van der Waals surface area contributed by atoms with Gasteiger partial charge in [-0.3, -0.25) is 0 Å². The number of hydrogen-bond donors (Lipinski definition) is 1. The molecule has 0 radical (unpaired) electrons. The van der Waals surface area contributed by atoms with Gasteiger partial charge in [-0.15, -0.1) is 11.8 Å². The van der Waals surface area contributed by atoms with E-state index < -0.39 is 10.0 Å². The zero-order valence-electron chi connectivity index (χ0n) is 12.2. The molecule has 0 saturated carbocycles. The summed E-state index contributed by atoms with van der Waals surface area (Å²) in [6.45, 7) is 2.28. The molecule has 0 aliphatic heterocycles. The minimum Gasteiger partial charge on any atom is -0.212 e. The second kappa shape index (κ2) is 7.11. The highest BCUT2D eigenvalue weighted by Gasteiger charge is 2.11. The normalized spacial score (nSPS) is 11.5. The van der Waals surface area contributed by atoms with E-state index in [1.165, 1.54) is 4.90 Å². The van der Waals surface area contributed by atoms with Gasteiger partial charge in [0.2, 0.25) is 10.0 Å². The second-order valence-electron chi connectivity index (χ2n) is 4.92. The maximum atomic E-state index is 12.1. The van der Waals surface area contributed by atoms with Crippen LogP contribution in [0.2, 0.25) is 0 Å². The van der Waals surface area contributed by atoms with Gasteiger partial charge < -0.3 is 0 Å². The minimum atomic E-state index is -3.32. The molecule has 112 valence electrons. The van der Waals surface area contributed by atoms with Crippen LogP contribution in [0.15, 0.2) is 53.4 Å². The van der Waals surface area contributed by atoms with Crippen molar-refractivity contribution in [2.75, 3.05) is 6.26 Å². The summed E-state index contributed by atoms with van der Waals surface area (Å²) in [6, 6.07) is 15.4. The molecule has 0 spiro atoms. The standard InChI is InChI=1S/C16H19NO2S2/c1-13-4-3-5-15(10-13)12-21(18,19)17-11-14-6-8-16(20-2)9-7-14/h3-10,17H,11-12H2,1-2H3. The molecule has 0 atom stereocenters. The van der Waals surface area contributed by atoms with Gasteiger partial charge in [-0.05, 0) is 36.4 Å². The SMILES string of the molecule is CSc1ccc(CNS(=O)(=O)Cc2cccc(C)c2)cc1. The Hall–Kier alpha value is -1.30. The number of aryl methyl sites for hydroxylation is 1. The number of thioether (sulfide) groups is 1. The van der Waals surface area contributed by atoms with Gasteiger partial charge in [-0.1, -0.05) is 42.0 Å². The van der Waals surface area contributed by atoms with Crippen LogP contribution in [0.3, 0.4) is 0 Å². The number of nitrogens with one attached hydrogen (secondary N) is 1. The van der Waals surface area contributed by atoms with Gasteiger partial charge in [0.15, 0.2) is 0 Å². The lowest BCUT2D eigenvalue weighted by molar-refractivity contribution is 0.580. The van der Waals surface area contributed by atoms with Crippen molar-refractivity contribution in [3.8, 4) is 0 Å². The molecule has 3 nitrogen and oxygen atoms in total. The Kier molecular flexibility index (Phi) is 5.45. The predicted molar refractivity (Wildman–Crippen MR) is 88.9 cm³/mol. The lowest BCUT2D eigenvalue weighted by Crippen LogP contribution is -2.24. The van der Waals surface area contributed by atoms with Crippen molar-refractivity contribution < 1.29 is 8.42 Å². The zero-order valence-corrected chi connectivity index (χ0v) is 13.8. The zero-order chi connectivity index (χ0) is 15.3. The number of benzene rings is 2. The molecule has 0 fully saturated rings.